The molecule has 2 aliphatic heterocycles. The Kier molecular flexibility index (Phi) is 43.0. The number of allylic oxidation sites excluding steroid dienone is 5. The third kappa shape index (κ3) is 38.5. The maximum atomic E-state index is 12.8. The monoisotopic (exact) mass is 1220 g/mol. The highest BCUT2D eigenvalue weighted by molar-refractivity contribution is 8.76. The molecule has 2 saturated heterocycles. The summed E-state index contributed by atoms with van der Waals surface area (Å²) in [5.74, 6) is 3.49. The molecule has 4 rings (SSSR count). The lowest BCUT2D eigenvalue weighted by Crippen LogP contribution is -2.36. The SMILES string of the molecule is CCCCCCCCCCC(=O)OC1=C=C=C(CC(=O)OCCC2CCN(CCSSCCN3CCC(CCOC(=O)CC4=CC=C(OC(=O)CCCCCCCC(=O)OC(CCCCCCCC)CCCCCCCC)CC4)CC3)CC2)C=C1. The van der Waals surface area contributed by atoms with Gasteiger partial charge in [0.2, 0.25) is 0 Å². The van der Waals surface area contributed by atoms with E-state index in [0.29, 0.717) is 74.2 Å². The molecule has 4 aliphatic rings. The van der Waals surface area contributed by atoms with Gasteiger partial charge in [0, 0.05) is 55.9 Å². The van der Waals surface area contributed by atoms with Crippen LogP contribution in [0.15, 0.2) is 58.4 Å². The number of carbonyl (C=O) groups excluding carboxylic acids is 5. The number of likely N-dealkylation sites (tertiary alicyclic amines) is 2. The summed E-state index contributed by atoms with van der Waals surface area (Å²) in [6, 6.07) is 0. The number of unbranched alkanes of at least 4 members (excludes halogenated alkanes) is 21. The fourth-order valence-corrected chi connectivity index (χ4v) is 13.7. The van der Waals surface area contributed by atoms with Gasteiger partial charge in [0.25, 0.3) is 0 Å². The molecule has 482 valence electrons. The first kappa shape index (κ1) is 74.0. The number of hydrogen-bond donors (Lipinski definition) is 0. The van der Waals surface area contributed by atoms with Crippen molar-refractivity contribution < 1.29 is 47.7 Å². The molecule has 0 N–H and O–H groups in total. The van der Waals surface area contributed by atoms with Gasteiger partial charge < -0.3 is 33.5 Å². The van der Waals surface area contributed by atoms with Gasteiger partial charge in [0.1, 0.15) is 11.9 Å². The van der Waals surface area contributed by atoms with E-state index in [1.165, 1.54) is 96.3 Å². The normalized spacial score (nSPS) is 16.0. The molecule has 0 spiro atoms. The summed E-state index contributed by atoms with van der Waals surface area (Å²) in [5, 5.41) is 0. The van der Waals surface area contributed by atoms with Gasteiger partial charge in [-0.15, -0.1) is 0 Å². The van der Waals surface area contributed by atoms with Gasteiger partial charge in [0.05, 0.1) is 26.1 Å². The number of hydrogen-bond acceptors (Lipinski definition) is 14. The van der Waals surface area contributed by atoms with Crippen LogP contribution in [-0.4, -0.2) is 110 Å². The average Bonchev–Trinajstić information content (AvgIpc) is 3.53. The molecule has 85 heavy (non-hydrogen) atoms. The maximum absolute atomic E-state index is 12.8. The van der Waals surface area contributed by atoms with Gasteiger partial charge in [-0.2, -0.15) is 0 Å². The fourth-order valence-electron chi connectivity index (χ4n) is 11.7. The molecule has 0 bridgehead atoms. The number of rotatable bonds is 51. The van der Waals surface area contributed by atoms with E-state index in [-0.39, 0.29) is 48.8 Å². The van der Waals surface area contributed by atoms with Crippen molar-refractivity contribution in [1.82, 2.24) is 9.80 Å². The van der Waals surface area contributed by atoms with E-state index >= 15 is 0 Å². The molecule has 0 aromatic rings. The lowest BCUT2D eigenvalue weighted by atomic mass is 9.94. The minimum atomic E-state index is -0.264. The highest BCUT2D eigenvalue weighted by Gasteiger charge is 2.23. The van der Waals surface area contributed by atoms with E-state index in [2.05, 4.69) is 42.0 Å². The van der Waals surface area contributed by atoms with Gasteiger partial charge in [-0.1, -0.05) is 188 Å². The van der Waals surface area contributed by atoms with E-state index in [0.717, 1.165) is 172 Å². The van der Waals surface area contributed by atoms with E-state index in [4.69, 9.17) is 23.7 Å². The van der Waals surface area contributed by atoms with Crippen LogP contribution in [0.25, 0.3) is 0 Å². The summed E-state index contributed by atoms with van der Waals surface area (Å²) < 4.78 is 28.4. The van der Waals surface area contributed by atoms with Crippen molar-refractivity contribution in [2.45, 2.75) is 284 Å². The summed E-state index contributed by atoms with van der Waals surface area (Å²) >= 11 is 0. The maximum Gasteiger partial charge on any atom is 0.311 e. The van der Waals surface area contributed by atoms with Crippen LogP contribution in [0.2, 0.25) is 0 Å². The summed E-state index contributed by atoms with van der Waals surface area (Å²) in [5.41, 5.74) is 7.53. The van der Waals surface area contributed by atoms with Crippen molar-refractivity contribution in [2.24, 2.45) is 11.8 Å². The van der Waals surface area contributed by atoms with Crippen molar-refractivity contribution in [1.29, 1.82) is 0 Å². The first-order valence-electron chi connectivity index (χ1n) is 34.5. The minimum absolute atomic E-state index is 0.0461. The summed E-state index contributed by atoms with van der Waals surface area (Å²) in [6.45, 7) is 14.3. The molecular weight excluding hydrogens is 1100 g/mol. The van der Waals surface area contributed by atoms with Crippen molar-refractivity contribution in [3.63, 3.8) is 0 Å². The second kappa shape index (κ2) is 49.4. The summed E-state index contributed by atoms with van der Waals surface area (Å²) in [4.78, 5) is 68.0. The highest BCUT2D eigenvalue weighted by atomic mass is 33.1. The molecule has 0 atom stereocenters. The van der Waals surface area contributed by atoms with Crippen molar-refractivity contribution in [3.05, 3.63) is 58.4 Å². The Labute approximate surface area is 524 Å². The number of nitrogens with zero attached hydrogens (tertiary/aromatic N) is 2. The first-order valence-corrected chi connectivity index (χ1v) is 37.0. The Bertz CT molecular complexity index is 2040. The topological polar surface area (TPSA) is 138 Å². The quantitative estimate of drug-likeness (QED) is 0.0188. The van der Waals surface area contributed by atoms with Crippen LogP contribution >= 0.6 is 21.6 Å². The van der Waals surface area contributed by atoms with Crippen LogP contribution in [0.5, 0.6) is 0 Å². The van der Waals surface area contributed by atoms with Crippen LogP contribution in [0, 0.1) is 11.8 Å². The molecule has 2 heterocycles. The molecule has 0 amide bonds. The van der Waals surface area contributed by atoms with Crippen LogP contribution in [-0.2, 0) is 47.7 Å². The van der Waals surface area contributed by atoms with Gasteiger partial charge in [-0.25, -0.2) is 0 Å². The van der Waals surface area contributed by atoms with Crippen LogP contribution in [0.1, 0.15) is 278 Å². The fraction of sp³-hybridized carbons (Fsp3) is 0.789. The van der Waals surface area contributed by atoms with Crippen molar-refractivity contribution >= 4 is 51.4 Å². The van der Waals surface area contributed by atoms with Crippen LogP contribution in [0.4, 0.5) is 0 Å². The molecule has 0 radical (unpaired) electrons. The Morgan fingerprint density at radius 2 is 0.941 bits per heavy atom. The predicted octanol–water partition coefficient (Wildman–Crippen LogP) is 17.9. The predicted molar refractivity (Wildman–Crippen MR) is 350 cm³/mol. The van der Waals surface area contributed by atoms with Gasteiger partial charge in [0.15, 0.2) is 5.76 Å². The van der Waals surface area contributed by atoms with Crippen molar-refractivity contribution in [3.8, 4) is 0 Å². The van der Waals surface area contributed by atoms with Gasteiger partial charge >= 0.3 is 29.8 Å². The zero-order chi connectivity index (χ0) is 60.6. The minimum Gasteiger partial charge on any atom is -0.465 e. The Morgan fingerprint density at radius 3 is 1.40 bits per heavy atom. The second-order valence-corrected chi connectivity index (χ2v) is 27.4. The zero-order valence-electron chi connectivity index (χ0n) is 53.7. The lowest BCUT2D eigenvalue weighted by Gasteiger charge is -2.32. The molecular formula is C71H116N2O10S2. The molecule has 0 aromatic carbocycles. The molecule has 0 unspecified atom stereocenters. The van der Waals surface area contributed by atoms with Crippen LogP contribution < -0.4 is 0 Å². The molecule has 2 fully saturated rings. The standard InChI is InChI=1S/C71H116N2O10S2/c1-4-7-10-13-16-17-21-26-32-68(75)82-65-38-34-62(35-39-65)58-70(77)79-54-46-60-42-48-72(49-43-60)52-56-84-85-57-53-73-50-44-61(45-51-73)47-55-80-71(78)59-63-36-40-66(41-37-63)83-69(76)33-28-23-18-22-27-31-67(74)81-64(29-24-19-14-11-8-5-2)30-25-20-15-12-9-6-3/h34,36,38,40,60-61,64H,4-33,37,41-59H2,1-3H3. The molecule has 14 heteroatoms. The summed E-state index contributed by atoms with van der Waals surface area (Å²) in [6.07, 6.45) is 47.6. The lowest BCUT2D eigenvalue weighted by molar-refractivity contribution is -0.150. The van der Waals surface area contributed by atoms with E-state index in [9.17, 15) is 24.0 Å². The van der Waals surface area contributed by atoms with Crippen molar-refractivity contribution in [2.75, 3.05) is 64.0 Å². The van der Waals surface area contributed by atoms with E-state index in [1.807, 2.05) is 33.7 Å². The van der Waals surface area contributed by atoms with Crippen LogP contribution in [0.3, 0.4) is 0 Å². The van der Waals surface area contributed by atoms with E-state index < -0.39 is 0 Å². The Morgan fingerprint density at radius 1 is 0.494 bits per heavy atom. The van der Waals surface area contributed by atoms with Gasteiger partial charge in [-0.3, -0.25) is 24.0 Å². The third-order valence-electron chi connectivity index (χ3n) is 17.3. The highest BCUT2D eigenvalue weighted by Crippen LogP contribution is 2.28. The average molecular weight is 1220 g/mol. The molecule has 0 aromatic heterocycles. The summed E-state index contributed by atoms with van der Waals surface area (Å²) in [7, 11) is 3.97. The Hall–Kier alpha value is -3.51. The van der Waals surface area contributed by atoms with E-state index in [1.54, 1.807) is 12.2 Å². The number of ether oxygens (including phenoxy) is 5. The second-order valence-electron chi connectivity index (χ2n) is 24.7. The largest absolute Gasteiger partial charge is 0.465 e. The molecule has 0 saturated carbocycles. The number of esters is 5. The smallest absolute Gasteiger partial charge is 0.311 e. The first-order chi connectivity index (χ1) is 41.6. The molecule has 12 nitrogen and oxygen atoms in total. The zero-order valence-corrected chi connectivity index (χ0v) is 55.3. The van der Waals surface area contributed by atoms with Gasteiger partial charge in [-0.05, 0) is 152 Å². The number of carbonyl (C=O) groups is 5. The Balaban J connectivity index is 0.918. The third-order valence-corrected chi connectivity index (χ3v) is 19.6. The molecule has 2 aliphatic carbocycles. The number of piperidine rings is 2.